The number of nitrogens with zero attached hydrogens (tertiary/aromatic N) is 7. The molecule has 4 aromatic carbocycles. The lowest BCUT2D eigenvalue weighted by molar-refractivity contribution is -0.0221. The quantitative estimate of drug-likeness (QED) is 0.0883. The van der Waals surface area contributed by atoms with Crippen molar-refractivity contribution in [3.05, 3.63) is 182 Å². The van der Waals surface area contributed by atoms with Crippen molar-refractivity contribution in [1.29, 1.82) is 0 Å². The second-order valence-corrected chi connectivity index (χ2v) is 20.9. The van der Waals surface area contributed by atoms with Gasteiger partial charge in [-0.1, -0.05) is 108 Å². The number of likely N-dealkylation sites (tertiary alicyclic amines) is 1. The number of para-hydroxylation sites is 2. The van der Waals surface area contributed by atoms with Crippen LogP contribution >= 0.6 is 22.7 Å². The predicted molar refractivity (Wildman–Crippen MR) is 304 cm³/mol. The van der Waals surface area contributed by atoms with Crippen LogP contribution in [0.25, 0.3) is 64.4 Å². The van der Waals surface area contributed by atoms with Crippen molar-refractivity contribution < 1.29 is 33.7 Å². The average molecular weight is 1080 g/mol. The van der Waals surface area contributed by atoms with E-state index in [0.29, 0.717) is 41.7 Å². The summed E-state index contributed by atoms with van der Waals surface area (Å²) in [5.74, 6) is -0.399. The van der Waals surface area contributed by atoms with E-state index in [1.807, 2.05) is 160 Å². The van der Waals surface area contributed by atoms with Gasteiger partial charge in [-0.3, -0.25) is 4.79 Å². The molecule has 2 fully saturated rings. The maximum Gasteiger partial charge on any atom is 0.410 e. The molecule has 0 radical (unpaired) electrons. The van der Waals surface area contributed by atoms with Crippen LogP contribution in [0.4, 0.5) is 16.2 Å². The summed E-state index contributed by atoms with van der Waals surface area (Å²) in [6.45, 7) is 7.79. The molecule has 2 aliphatic heterocycles. The number of carboxylic acids is 1. The lowest BCUT2D eigenvalue weighted by Gasteiger charge is -2.39. The summed E-state index contributed by atoms with van der Waals surface area (Å²) >= 11 is 3.05. The van der Waals surface area contributed by atoms with Crippen molar-refractivity contribution in [2.75, 3.05) is 37.2 Å². The van der Waals surface area contributed by atoms with Gasteiger partial charge in [-0.2, -0.15) is 0 Å². The SMILES string of the molecule is CC(C)(C)OC(=O)N1CC(Oc2cc(C(=O)O)nc(-c3ccccc3)c2)C1.Nc1ccccc1-c1nc2cccnc2s1.O=C(Nc1ccccc1-c1nc2cccnc2s1)c1cc(OC2CNC2)cc(-c2ccccc2)n1. The maximum atomic E-state index is 13.4. The van der Waals surface area contributed by atoms with Gasteiger partial charge in [0.25, 0.3) is 5.91 Å². The molecule has 0 spiro atoms. The molecule has 392 valence electrons. The minimum Gasteiger partial charge on any atom is -0.488 e. The van der Waals surface area contributed by atoms with Crippen molar-refractivity contribution >= 4 is 72.7 Å². The van der Waals surface area contributed by atoms with Crippen LogP contribution in [0.5, 0.6) is 11.5 Å². The van der Waals surface area contributed by atoms with E-state index < -0.39 is 11.6 Å². The van der Waals surface area contributed by atoms with Crippen molar-refractivity contribution in [3.8, 4) is 55.2 Å². The number of fused-ring (bicyclic) bond motifs is 2. The number of carboxylic acid groups (broad SMARTS) is 1. The number of thiazole rings is 2. The van der Waals surface area contributed by atoms with Crippen LogP contribution in [0, 0.1) is 0 Å². The number of aromatic carboxylic acids is 1. The summed E-state index contributed by atoms with van der Waals surface area (Å²) in [5, 5.41) is 17.3. The zero-order chi connectivity index (χ0) is 54.2. The van der Waals surface area contributed by atoms with E-state index in [9.17, 15) is 19.5 Å². The second kappa shape index (κ2) is 23.4. The van der Waals surface area contributed by atoms with Gasteiger partial charge in [0.2, 0.25) is 0 Å². The molecule has 78 heavy (non-hydrogen) atoms. The van der Waals surface area contributed by atoms with Crippen LogP contribution in [0.15, 0.2) is 170 Å². The molecule has 6 aromatic heterocycles. The fourth-order valence-electron chi connectivity index (χ4n) is 8.03. The second-order valence-electron chi connectivity index (χ2n) is 19.0. The van der Waals surface area contributed by atoms with Crippen LogP contribution in [0.2, 0.25) is 0 Å². The number of carbonyl (C=O) groups is 3. The van der Waals surface area contributed by atoms with E-state index in [0.717, 1.165) is 71.7 Å². The molecule has 10 aromatic rings. The van der Waals surface area contributed by atoms with E-state index in [4.69, 9.17) is 24.9 Å². The fraction of sp³-hybridized carbons (Fsp3) is 0.169. The summed E-state index contributed by atoms with van der Waals surface area (Å²) < 4.78 is 17.3. The summed E-state index contributed by atoms with van der Waals surface area (Å²) in [6.07, 6.45) is 3.02. The summed E-state index contributed by atoms with van der Waals surface area (Å²) in [7, 11) is 0. The van der Waals surface area contributed by atoms with Crippen LogP contribution in [0.3, 0.4) is 0 Å². The lowest BCUT2D eigenvalue weighted by Crippen LogP contribution is -2.57. The summed E-state index contributed by atoms with van der Waals surface area (Å²) in [5.41, 5.74) is 13.5. The fourth-order valence-corrected chi connectivity index (χ4v) is 9.93. The Morgan fingerprint density at radius 3 is 1.68 bits per heavy atom. The topological polar surface area (TPSA) is 230 Å². The zero-order valence-corrected chi connectivity index (χ0v) is 44.2. The number of nitrogens with one attached hydrogen (secondary N) is 2. The van der Waals surface area contributed by atoms with Gasteiger partial charge in [0, 0.05) is 77.7 Å². The monoisotopic (exact) mass is 1080 g/mol. The Morgan fingerprint density at radius 1 is 0.628 bits per heavy atom. The molecule has 12 rings (SSSR count). The number of pyridine rings is 4. The number of amides is 2. The Bertz CT molecular complexity index is 3680. The van der Waals surface area contributed by atoms with Gasteiger partial charge in [-0.15, -0.1) is 0 Å². The Kier molecular flexibility index (Phi) is 15.7. The highest BCUT2D eigenvalue weighted by Gasteiger charge is 2.35. The number of nitrogens with two attached hydrogens (primary N) is 1. The normalized spacial score (nSPS) is 13.2. The highest BCUT2D eigenvalue weighted by Crippen LogP contribution is 2.35. The van der Waals surface area contributed by atoms with Gasteiger partial charge >= 0.3 is 12.1 Å². The van der Waals surface area contributed by atoms with Crippen molar-refractivity contribution in [3.63, 3.8) is 0 Å². The van der Waals surface area contributed by atoms with Gasteiger partial charge < -0.3 is 40.6 Å². The Hall–Kier alpha value is -9.17. The van der Waals surface area contributed by atoms with E-state index in [-0.39, 0.29) is 35.6 Å². The van der Waals surface area contributed by atoms with Crippen molar-refractivity contribution in [2.45, 2.75) is 38.6 Å². The Morgan fingerprint density at radius 2 is 1.14 bits per heavy atom. The van der Waals surface area contributed by atoms with E-state index in [1.54, 1.807) is 40.8 Å². The molecule has 0 unspecified atom stereocenters. The molecular formula is C59H52N10O7S2. The van der Waals surface area contributed by atoms with Crippen LogP contribution in [-0.2, 0) is 4.74 Å². The third kappa shape index (κ3) is 12.9. The smallest absolute Gasteiger partial charge is 0.410 e. The first-order valence-electron chi connectivity index (χ1n) is 24.9. The van der Waals surface area contributed by atoms with Crippen molar-refractivity contribution in [2.24, 2.45) is 0 Å². The molecule has 2 amide bonds. The molecule has 5 N–H and O–H groups in total. The molecule has 8 heterocycles. The first-order chi connectivity index (χ1) is 37.8. The summed E-state index contributed by atoms with van der Waals surface area (Å²) in [4.78, 5) is 66.8. The number of carbonyl (C=O) groups excluding carboxylic acids is 2. The number of rotatable bonds is 11. The number of benzene rings is 4. The highest BCUT2D eigenvalue weighted by atomic mass is 32.1. The number of anilines is 2. The number of hydrogen-bond donors (Lipinski definition) is 4. The molecule has 2 aliphatic rings. The van der Waals surface area contributed by atoms with Gasteiger partial charge in [0.05, 0.1) is 30.2 Å². The molecule has 0 atom stereocenters. The number of hydrogen-bond acceptors (Lipinski definition) is 16. The predicted octanol–water partition coefficient (Wildman–Crippen LogP) is 11.4. The largest absolute Gasteiger partial charge is 0.488 e. The van der Waals surface area contributed by atoms with E-state index >= 15 is 0 Å². The molecule has 2 saturated heterocycles. The molecule has 17 nitrogen and oxygen atoms in total. The summed E-state index contributed by atoms with van der Waals surface area (Å²) in [6, 6.07) is 48.8. The molecule has 0 bridgehead atoms. The van der Waals surface area contributed by atoms with Crippen LogP contribution in [0.1, 0.15) is 41.7 Å². The van der Waals surface area contributed by atoms with Gasteiger partial charge in [0.15, 0.2) is 5.69 Å². The minimum absolute atomic E-state index is 0.0882. The van der Waals surface area contributed by atoms with Crippen molar-refractivity contribution in [1.82, 2.24) is 40.1 Å². The molecule has 19 heteroatoms. The minimum atomic E-state index is -1.12. The first-order valence-corrected chi connectivity index (χ1v) is 26.5. The third-order valence-electron chi connectivity index (χ3n) is 12.0. The van der Waals surface area contributed by atoms with E-state index in [2.05, 4.69) is 35.6 Å². The van der Waals surface area contributed by atoms with Crippen LogP contribution in [-0.4, -0.2) is 102 Å². The highest BCUT2D eigenvalue weighted by molar-refractivity contribution is 7.21. The molecule has 0 aliphatic carbocycles. The van der Waals surface area contributed by atoms with Crippen LogP contribution < -0.4 is 25.8 Å². The van der Waals surface area contributed by atoms with Gasteiger partial charge in [-0.05, 0) is 69.3 Å². The Balaban J connectivity index is 0.000000142. The van der Waals surface area contributed by atoms with Gasteiger partial charge in [-0.25, -0.2) is 39.5 Å². The molecular weight excluding hydrogens is 1020 g/mol. The number of ether oxygens (including phenoxy) is 3. The number of nitrogen functional groups attached to an aromatic ring is 1. The third-order valence-corrected chi connectivity index (χ3v) is 14.0. The lowest BCUT2D eigenvalue weighted by atomic mass is 10.1. The van der Waals surface area contributed by atoms with Gasteiger partial charge in [0.1, 0.15) is 65.7 Å². The maximum absolute atomic E-state index is 13.4. The first kappa shape index (κ1) is 52.3. The molecule has 0 saturated carbocycles. The zero-order valence-electron chi connectivity index (χ0n) is 42.6. The Labute approximate surface area is 456 Å². The van der Waals surface area contributed by atoms with E-state index in [1.165, 1.54) is 17.4 Å². The standard InChI is InChI=1S/C27H21N5O2S.C20H22N2O5.C12H9N3S/c33-25(31-21-10-5-4-9-20(21)26-32-22-11-6-12-29-27(22)35-26)24-14-18(34-19-15-28-16-19)13-23(30-24)17-7-2-1-3-8-17;1-20(2,3)27-19(25)22-11-15(12-22)26-14-9-16(13-7-5-4-6-8-13)21-17(10-14)18(23)24;13-9-5-2-1-4-8(9)11-15-10-6-3-7-14-12(10)16-11/h1-14,19,28H,15-16H2,(H,31,33);4-10,15H,11-12H2,1-3H3,(H,23,24);1-7H,13H2. The number of aromatic nitrogens is 6. The average Bonchev–Trinajstić information content (AvgIpc) is 4.10.